The van der Waals surface area contributed by atoms with Gasteiger partial charge in [-0.3, -0.25) is 20.2 Å². The molecule has 2 aliphatic heterocycles. The number of hydrogen-bond donors (Lipinski definition) is 1. The van der Waals surface area contributed by atoms with E-state index in [9.17, 15) is 4.79 Å². The Morgan fingerprint density at radius 1 is 1.04 bits per heavy atom. The maximum atomic E-state index is 12.6. The number of rotatable bonds is 3. The van der Waals surface area contributed by atoms with E-state index in [0.29, 0.717) is 28.7 Å². The van der Waals surface area contributed by atoms with Crippen LogP contribution in [-0.4, -0.2) is 24.7 Å². The van der Waals surface area contributed by atoms with Gasteiger partial charge in [-0.1, -0.05) is 41.4 Å². The van der Waals surface area contributed by atoms with Crippen LogP contribution < -0.4 is 15.4 Å². The fourth-order valence-electron chi connectivity index (χ4n) is 3.12. The molecule has 25 heavy (non-hydrogen) atoms. The van der Waals surface area contributed by atoms with Gasteiger partial charge in [0.15, 0.2) is 0 Å². The van der Waals surface area contributed by atoms with Crippen molar-refractivity contribution in [1.29, 1.82) is 0 Å². The molecule has 0 aromatic heterocycles. The highest BCUT2D eigenvalue weighted by molar-refractivity contribution is 6.40. The molecule has 0 fully saturated rings. The second kappa shape index (κ2) is 6.58. The summed E-state index contributed by atoms with van der Waals surface area (Å²) in [7, 11) is 0. The van der Waals surface area contributed by atoms with Gasteiger partial charge in [0.05, 0.1) is 16.4 Å². The second-order valence-electron chi connectivity index (χ2n) is 5.99. The van der Waals surface area contributed by atoms with E-state index in [1.807, 2.05) is 29.3 Å². The Bertz CT molecular complexity index is 868. The molecule has 5 nitrogen and oxygen atoms in total. The van der Waals surface area contributed by atoms with E-state index in [0.717, 1.165) is 24.3 Å². The van der Waals surface area contributed by atoms with Crippen LogP contribution in [0.2, 0.25) is 10.0 Å². The Balaban J connectivity index is 1.48. The van der Waals surface area contributed by atoms with Crippen LogP contribution >= 0.6 is 23.2 Å². The van der Waals surface area contributed by atoms with Crippen molar-refractivity contribution in [3.8, 4) is 0 Å². The Morgan fingerprint density at radius 3 is 2.72 bits per heavy atom. The topological polar surface area (TPSA) is 47.9 Å². The van der Waals surface area contributed by atoms with E-state index >= 15 is 0 Å². The highest BCUT2D eigenvalue weighted by atomic mass is 35.5. The molecule has 0 saturated heterocycles. The molecule has 7 heteroatoms. The first-order chi connectivity index (χ1) is 12.1. The third kappa shape index (κ3) is 3.17. The molecule has 0 saturated carbocycles. The number of anilines is 2. The first kappa shape index (κ1) is 16.2. The minimum absolute atomic E-state index is 0.177. The summed E-state index contributed by atoms with van der Waals surface area (Å²) in [5.41, 5.74) is 6.49. The summed E-state index contributed by atoms with van der Waals surface area (Å²) >= 11 is 12.2. The molecule has 0 aliphatic carbocycles. The van der Waals surface area contributed by atoms with Crippen molar-refractivity contribution in [2.75, 3.05) is 23.1 Å². The van der Waals surface area contributed by atoms with Crippen LogP contribution in [0.3, 0.4) is 0 Å². The van der Waals surface area contributed by atoms with Crippen molar-refractivity contribution in [1.82, 2.24) is 5.43 Å². The van der Waals surface area contributed by atoms with Gasteiger partial charge in [0, 0.05) is 24.5 Å². The minimum Gasteiger partial charge on any atom is -0.285 e. The maximum Gasteiger partial charge on any atom is 0.286 e. The van der Waals surface area contributed by atoms with Crippen molar-refractivity contribution in [3.63, 3.8) is 0 Å². The van der Waals surface area contributed by atoms with Gasteiger partial charge in [-0.2, -0.15) is 5.10 Å². The predicted octanol–water partition coefficient (Wildman–Crippen LogP) is 3.65. The van der Waals surface area contributed by atoms with Crippen LogP contribution in [-0.2, 0) is 11.2 Å². The average molecular weight is 375 g/mol. The molecule has 0 atom stereocenters. The number of benzene rings is 2. The lowest BCUT2D eigenvalue weighted by Crippen LogP contribution is -2.44. The molecular weight excluding hydrogens is 359 g/mol. The number of carbonyl (C=O) groups excluding carboxylic acids is 1. The third-order valence-corrected chi connectivity index (χ3v) is 4.91. The lowest BCUT2D eigenvalue weighted by molar-refractivity contribution is -0.115. The van der Waals surface area contributed by atoms with Crippen LogP contribution in [0, 0.1) is 0 Å². The van der Waals surface area contributed by atoms with Crippen molar-refractivity contribution in [3.05, 3.63) is 58.1 Å². The number of para-hydroxylation sites is 1. The summed E-state index contributed by atoms with van der Waals surface area (Å²) < 4.78 is 0. The fourth-order valence-corrected chi connectivity index (χ4v) is 3.63. The Morgan fingerprint density at radius 2 is 1.88 bits per heavy atom. The first-order valence-electron chi connectivity index (χ1n) is 8.08. The van der Waals surface area contributed by atoms with E-state index in [1.165, 1.54) is 5.56 Å². The Kier molecular flexibility index (Phi) is 4.27. The summed E-state index contributed by atoms with van der Waals surface area (Å²) in [5.74, 6) is -0.177. The summed E-state index contributed by atoms with van der Waals surface area (Å²) in [6.07, 6.45) is 1.50. The lowest BCUT2D eigenvalue weighted by Gasteiger charge is -2.20. The number of halogens is 2. The largest absolute Gasteiger partial charge is 0.286 e. The van der Waals surface area contributed by atoms with Crippen molar-refractivity contribution >= 4 is 46.2 Å². The van der Waals surface area contributed by atoms with Gasteiger partial charge in [0.1, 0.15) is 5.71 Å². The number of amides is 1. The zero-order chi connectivity index (χ0) is 17.4. The first-order valence-corrected chi connectivity index (χ1v) is 8.84. The summed E-state index contributed by atoms with van der Waals surface area (Å²) in [6, 6.07) is 13.3. The summed E-state index contributed by atoms with van der Waals surface area (Å²) in [4.78, 5) is 12.6. The molecule has 2 heterocycles. The number of carbonyl (C=O) groups is 1. The second-order valence-corrected chi connectivity index (χ2v) is 6.83. The molecular formula is C18H16Cl2N4O. The maximum absolute atomic E-state index is 12.6. The molecule has 1 amide bonds. The molecule has 0 unspecified atom stereocenters. The highest BCUT2D eigenvalue weighted by Gasteiger charge is 2.26. The van der Waals surface area contributed by atoms with E-state index in [2.05, 4.69) is 16.6 Å². The standard InChI is InChI=1S/C18H16Cl2N4O/c19-13-5-6-17(14(20)11-13)24-10-8-15(21-24)18(25)22-23-9-7-12-3-1-2-4-16(12)23/h1-6,11H,7-10H2,(H,22,25). The number of nitrogens with zero attached hydrogens (tertiary/aromatic N) is 3. The Hall–Kier alpha value is -2.24. The van der Waals surface area contributed by atoms with Gasteiger partial charge in [-0.25, -0.2) is 0 Å². The molecule has 1 N–H and O–H groups in total. The van der Waals surface area contributed by atoms with Crippen molar-refractivity contribution < 1.29 is 4.79 Å². The van der Waals surface area contributed by atoms with Crippen molar-refractivity contribution in [2.45, 2.75) is 12.8 Å². The van der Waals surface area contributed by atoms with E-state index < -0.39 is 0 Å². The monoisotopic (exact) mass is 374 g/mol. The summed E-state index contributed by atoms with van der Waals surface area (Å²) in [5, 5.41) is 9.15. The number of fused-ring (bicyclic) bond motifs is 1. The zero-order valence-corrected chi connectivity index (χ0v) is 14.9. The molecule has 4 rings (SSSR count). The molecule has 0 bridgehead atoms. The lowest BCUT2D eigenvalue weighted by atomic mass is 10.2. The zero-order valence-electron chi connectivity index (χ0n) is 13.4. The average Bonchev–Trinajstić information content (AvgIpc) is 3.23. The highest BCUT2D eigenvalue weighted by Crippen LogP contribution is 2.31. The van der Waals surface area contributed by atoms with Crippen LogP contribution in [0.1, 0.15) is 12.0 Å². The van der Waals surface area contributed by atoms with Gasteiger partial charge in [-0.05, 0) is 36.2 Å². The summed E-state index contributed by atoms with van der Waals surface area (Å²) in [6.45, 7) is 1.38. The normalized spacial score (nSPS) is 16.0. The van der Waals surface area contributed by atoms with E-state index in [1.54, 1.807) is 17.1 Å². The molecule has 2 aromatic carbocycles. The number of nitrogens with one attached hydrogen (secondary N) is 1. The van der Waals surface area contributed by atoms with E-state index in [4.69, 9.17) is 23.2 Å². The van der Waals surface area contributed by atoms with Gasteiger partial charge < -0.3 is 0 Å². The predicted molar refractivity (Wildman–Crippen MR) is 101 cm³/mol. The van der Waals surface area contributed by atoms with Crippen LogP contribution in [0.15, 0.2) is 47.6 Å². The van der Waals surface area contributed by atoms with Gasteiger partial charge in [0.25, 0.3) is 5.91 Å². The van der Waals surface area contributed by atoms with E-state index in [-0.39, 0.29) is 5.91 Å². The molecule has 128 valence electrons. The van der Waals surface area contributed by atoms with Crippen LogP contribution in [0.4, 0.5) is 11.4 Å². The van der Waals surface area contributed by atoms with Crippen LogP contribution in [0.5, 0.6) is 0 Å². The Labute approximate surface area is 155 Å². The molecule has 2 aliphatic rings. The molecule has 0 spiro atoms. The number of hydrogen-bond acceptors (Lipinski definition) is 4. The SMILES string of the molecule is O=C(NN1CCc2ccccc21)C1=NN(c2ccc(Cl)cc2Cl)CC1. The van der Waals surface area contributed by atoms with Crippen LogP contribution in [0.25, 0.3) is 0 Å². The van der Waals surface area contributed by atoms with Gasteiger partial charge in [0.2, 0.25) is 0 Å². The number of hydrazine groups is 1. The number of hydrazone groups is 1. The fraction of sp³-hybridized carbons (Fsp3) is 0.222. The van der Waals surface area contributed by atoms with Gasteiger partial charge >= 0.3 is 0 Å². The smallest absolute Gasteiger partial charge is 0.285 e. The quantitative estimate of drug-likeness (QED) is 0.891. The third-order valence-electron chi connectivity index (χ3n) is 4.38. The minimum atomic E-state index is -0.177. The van der Waals surface area contributed by atoms with Gasteiger partial charge in [-0.15, -0.1) is 0 Å². The molecule has 2 aromatic rings. The van der Waals surface area contributed by atoms with Crippen molar-refractivity contribution in [2.24, 2.45) is 5.10 Å². The molecule has 0 radical (unpaired) electrons.